The van der Waals surface area contributed by atoms with E-state index in [1.807, 2.05) is 0 Å². The molecule has 1 heterocycles. The lowest BCUT2D eigenvalue weighted by Crippen LogP contribution is -2.57. The molecule has 4 heteroatoms. The van der Waals surface area contributed by atoms with Gasteiger partial charge in [0.15, 0.2) is 6.29 Å². The average Bonchev–Trinajstić information content (AvgIpc) is 1.96. The second-order valence-corrected chi connectivity index (χ2v) is 2.88. The minimum absolute atomic E-state index is 0.109. The third-order valence-electron chi connectivity index (χ3n) is 1.92. The van der Waals surface area contributed by atoms with E-state index in [0.717, 1.165) is 19.6 Å². The second-order valence-electron chi connectivity index (χ2n) is 2.88. The zero-order valence-corrected chi connectivity index (χ0v) is 7.12. The van der Waals surface area contributed by atoms with Gasteiger partial charge < -0.3 is 15.2 Å². The SMILES string of the molecule is COC(CN1CC(N)C1)OC. The summed E-state index contributed by atoms with van der Waals surface area (Å²) in [5, 5.41) is 0. The molecule has 0 aromatic heterocycles. The van der Waals surface area contributed by atoms with E-state index in [-0.39, 0.29) is 6.29 Å². The minimum atomic E-state index is -0.109. The number of nitrogens with zero attached hydrogens (tertiary/aromatic N) is 1. The topological polar surface area (TPSA) is 47.7 Å². The lowest BCUT2D eigenvalue weighted by molar-refractivity contribution is -0.123. The van der Waals surface area contributed by atoms with Crippen molar-refractivity contribution in [1.29, 1.82) is 0 Å². The summed E-state index contributed by atoms with van der Waals surface area (Å²) in [7, 11) is 3.29. The predicted octanol–water partition coefficient (Wildman–Crippen LogP) is -0.752. The van der Waals surface area contributed by atoms with Crippen molar-refractivity contribution in [2.45, 2.75) is 12.3 Å². The standard InChI is InChI=1S/C7H16N2O2/c1-10-7(11-2)5-9-3-6(8)4-9/h6-7H,3-5,8H2,1-2H3. The van der Waals surface area contributed by atoms with Gasteiger partial charge in [0.25, 0.3) is 0 Å². The first-order chi connectivity index (χ1) is 5.26. The van der Waals surface area contributed by atoms with E-state index in [9.17, 15) is 0 Å². The predicted molar refractivity (Wildman–Crippen MR) is 42.2 cm³/mol. The van der Waals surface area contributed by atoms with Crippen molar-refractivity contribution in [2.24, 2.45) is 5.73 Å². The summed E-state index contributed by atoms with van der Waals surface area (Å²) in [6.45, 7) is 2.74. The molecule has 11 heavy (non-hydrogen) atoms. The molecule has 1 aliphatic heterocycles. The van der Waals surface area contributed by atoms with Gasteiger partial charge in [-0.25, -0.2) is 0 Å². The molecule has 66 valence electrons. The maximum Gasteiger partial charge on any atom is 0.169 e. The molecule has 1 aliphatic rings. The fourth-order valence-electron chi connectivity index (χ4n) is 1.22. The number of hydrogen-bond donors (Lipinski definition) is 1. The van der Waals surface area contributed by atoms with Gasteiger partial charge in [0.05, 0.1) is 0 Å². The molecule has 1 saturated heterocycles. The number of likely N-dealkylation sites (tertiary alicyclic amines) is 1. The molecule has 4 nitrogen and oxygen atoms in total. The van der Waals surface area contributed by atoms with Crippen LogP contribution in [0.2, 0.25) is 0 Å². The van der Waals surface area contributed by atoms with E-state index < -0.39 is 0 Å². The molecule has 0 spiro atoms. The molecule has 2 N–H and O–H groups in total. The van der Waals surface area contributed by atoms with Crippen LogP contribution in [0.15, 0.2) is 0 Å². The van der Waals surface area contributed by atoms with Gasteiger partial charge in [0, 0.05) is 39.9 Å². The van der Waals surface area contributed by atoms with Crippen LogP contribution in [0.25, 0.3) is 0 Å². The summed E-state index contributed by atoms with van der Waals surface area (Å²) in [6, 6.07) is 0.351. The Hall–Kier alpha value is -0.160. The van der Waals surface area contributed by atoms with Crippen molar-refractivity contribution in [3.63, 3.8) is 0 Å². The highest BCUT2D eigenvalue weighted by atomic mass is 16.7. The van der Waals surface area contributed by atoms with E-state index in [4.69, 9.17) is 15.2 Å². The largest absolute Gasteiger partial charge is 0.355 e. The Bertz CT molecular complexity index is 111. The van der Waals surface area contributed by atoms with Gasteiger partial charge >= 0.3 is 0 Å². The summed E-state index contributed by atoms with van der Waals surface area (Å²) in [4.78, 5) is 2.21. The molecule has 0 aliphatic carbocycles. The highest BCUT2D eigenvalue weighted by molar-refractivity contribution is 4.82. The fraction of sp³-hybridized carbons (Fsp3) is 1.00. The van der Waals surface area contributed by atoms with Crippen LogP contribution in [-0.4, -0.2) is 51.1 Å². The quantitative estimate of drug-likeness (QED) is 0.550. The molecular weight excluding hydrogens is 144 g/mol. The van der Waals surface area contributed by atoms with Gasteiger partial charge in [-0.3, -0.25) is 4.90 Å². The molecule has 0 aromatic carbocycles. The summed E-state index contributed by atoms with van der Waals surface area (Å²) < 4.78 is 10.1. The number of nitrogens with two attached hydrogens (primary N) is 1. The van der Waals surface area contributed by atoms with Gasteiger partial charge in [-0.05, 0) is 0 Å². The lowest BCUT2D eigenvalue weighted by atomic mass is 10.1. The number of ether oxygens (including phenoxy) is 2. The average molecular weight is 160 g/mol. The van der Waals surface area contributed by atoms with Crippen LogP contribution in [0, 0.1) is 0 Å². The van der Waals surface area contributed by atoms with Gasteiger partial charge in [0.1, 0.15) is 0 Å². The van der Waals surface area contributed by atoms with Crippen LogP contribution < -0.4 is 5.73 Å². The summed E-state index contributed by atoms with van der Waals surface area (Å²) >= 11 is 0. The van der Waals surface area contributed by atoms with Crippen LogP contribution in [0.4, 0.5) is 0 Å². The maximum absolute atomic E-state index is 5.60. The smallest absolute Gasteiger partial charge is 0.169 e. The number of hydrogen-bond acceptors (Lipinski definition) is 4. The second kappa shape index (κ2) is 4.01. The monoisotopic (exact) mass is 160 g/mol. The van der Waals surface area contributed by atoms with E-state index in [1.54, 1.807) is 14.2 Å². The highest BCUT2D eigenvalue weighted by Crippen LogP contribution is 2.06. The Kier molecular flexibility index (Phi) is 3.26. The lowest BCUT2D eigenvalue weighted by Gasteiger charge is -2.38. The molecule has 0 amide bonds. The zero-order valence-electron chi connectivity index (χ0n) is 7.12. The molecule has 1 fully saturated rings. The first kappa shape index (κ1) is 8.93. The number of rotatable bonds is 4. The van der Waals surface area contributed by atoms with Crippen molar-refractivity contribution in [1.82, 2.24) is 4.90 Å². The van der Waals surface area contributed by atoms with Gasteiger partial charge in [-0.15, -0.1) is 0 Å². The van der Waals surface area contributed by atoms with Crippen LogP contribution in [0.1, 0.15) is 0 Å². The van der Waals surface area contributed by atoms with Crippen LogP contribution >= 0.6 is 0 Å². The van der Waals surface area contributed by atoms with E-state index in [0.29, 0.717) is 6.04 Å². The summed E-state index contributed by atoms with van der Waals surface area (Å²) in [5.41, 5.74) is 5.60. The van der Waals surface area contributed by atoms with Gasteiger partial charge in [-0.2, -0.15) is 0 Å². The molecular formula is C7H16N2O2. The van der Waals surface area contributed by atoms with E-state index in [2.05, 4.69) is 4.90 Å². The maximum atomic E-state index is 5.60. The zero-order chi connectivity index (χ0) is 8.27. The van der Waals surface area contributed by atoms with E-state index in [1.165, 1.54) is 0 Å². The summed E-state index contributed by atoms with van der Waals surface area (Å²) in [5.74, 6) is 0. The van der Waals surface area contributed by atoms with Crippen molar-refractivity contribution in [3.05, 3.63) is 0 Å². The van der Waals surface area contributed by atoms with Crippen molar-refractivity contribution < 1.29 is 9.47 Å². The van der Waals surface area contributed by atoms with Crippen LogP contribution in [0.5, 0.6) is 0 Å². The third-order valence-corrected chi connectivity index (χ3v) is 1.92. The normalized spacial score (nSPS) is 20.7. The van der Waals surface area contributed by atoms with Gasteiger partial charge in [-0.1, -0.05) is 0 Å². The Morgan fingerprint density at radius 3 is 2.36 bits per heavy atom. The Balaban J connectivity index is 2.09. The van der Waals surface area contributed by atoms with Crippen molar-refractivity contribution >= 4 is 0 Å². The Morgan fingerprint density at radius 1 is 1.45 bits per heavy atom. The number of methoxy groups -OCH3 is 2. The van der Waals surface area contributed by atoms with Gasteiger partial charge in [0.2, 0.25) is 0 Å². The third kappa shape index (κ3) is 2.41. The van der Waals surface area contributed by atoms with Crippen molar-refractivity contribution in [3.8, 4) is 0 Å². The molecule has 0 aromatic rings. The molecule has 0 unspecified atom stereocenters. The Morgan fingerprint density at radius 2 is 2.00 bits per heavy atom. The highest BCUT2D eigenvalue weighted by Gasteiger charge is 2.25. The minimum Gasteiger partial charge on any atom is -0.355 e. The van der Waals surface area contributed by atoms with Crippen LogP contribution in [-0.2, 0) is 9.47 Å². The molecule has 0 saturated carbocycles. The first-order valence-electron chi connectivity index (χ1n) is 3.79. The first-order valence-corrected chi connectivity index (χ1v) is 3.79. The fourth-order valence-corrected chi connectivity index (χ4v) is 1.22. The molecule has 1 rings (SSSR count). The molecule has 0 atom stereocenters. The molecule has 0 bridgehead atoms. The Labute approximate surface area is 67.2 Å². The van der Waals surface area contributed by atoms with E-state index >= 15 is 0 Å². The van der Waals surface area contributed by atoms with Crippen LogP contribution in [0.3, 0.4) is 0 Å². The van der Waals surface area contributed by atoms with Crippen molar-refractivity contribution in [2.75, 3.05) is 33.9 Å². The summed E-state index contributed by atoms with van der Waals surface area (Å²) in [6.07, 6.45) is -0.109. The molecule has 0 radical (unpaired) electrons.